The molecule has 1 aromatic carbocycles. The number of benzene rings is 1. The molecule has 2 N–H and O–H groups in total. The first kappa shape index (κ1) is 29.5. The molecule has 3 amide bonds. The van der Waals surface area contributed by atoms with E-state index in [-0.39, 0.29) is 17.9 Å². The molecule has 0 saturated heterocycles. The third-order valence-electron chi connectivity index (χ3n) is 5.48. The highest BCUT2D eigenvalue weighted by Gasteiger charge is 2.34. The number of hydrogen-bond donors (Lipinski definition) is 2. The van der Waals surface area contributed by atoms with Gasteiger partial charge in [-0.3, -0.25) is 9.59 Å². The summed E-state index contributed by atoms with van der Waals surface area (Å²) in [5.74, 6) is -0.545. The van der Waals surface area contributed by atoms with Crippen molar-refractivity contribution in [3.8, 4) is 0 Å². The minimum atomic E-state index is -0.845. The summed E-state index contributed by atoms with van der Waals surface area (Å²) < 4.78 is 5.33. The van der Waals surface area contributed by atoms with Gasteiger partial charge in [0.25, 0.3) is 0 Å². The molecule has 0 bridgehead atoms. The van der Waals surface area contributed by atoms with Crippen LogP contribution < -0.4 is 10.6 Å². The summed E-state index contributed by atoms with van der Waals surface area (Å²) >= 11 is 0. The average molecular weight is 476 g/mol. The summed E-state index contributed by atoms with van der Waals surface area (Å²) in [4.78, 5) is 41.0. The van der Waals surface area contributed by atoms with Crippen molar-refractivity contribution in [2.75, 3.05) is 6.54 Å². The van der Waals surface area contributed by atoms with Crippen LogP contribution in [0.2, 0.25) is 0 Å². The Morgan fingerprint density at radius 2 is 1.62 bits per heavy atom. The van der Waals surface area contributed by atoms with Crippen LogP contribution >= 0.6 is 0 Å². The molecule has 2 atom stereocenters. The van der Waals surface area contributed by atoms with E-state index in [1.807, 2.05) is 45.9 Å². The fourth-order valence-electron chi connectivity index (χ4n) is 3.64. The van der Waals surface area contributed by atoms with Crippen molar-refractivity contribution in [1.29, 1.82) is 0 Å². The van der Waals surface area contributed by atoms with E-state index in [0.29, 0.717) is 6.54 Å². The first-order chi connectivity index (χ1) is 15.8. The van der Waals surface area contributed by atoms with Gasteiger partial charge in [-0.1, -0.05) is 44.4 Å². The number of amides is 3. The number of aryl methyl sites for hydroxylation is 2. The van der Waals surface area contributed by atoms with Crippen LogP contribution in [0.5, 0.6) is 0 Å². The molecule has 0 spiro atoms. The van der Waals surface area contributed by atoms with E-state index in [0.717, 1.165) is 42.4 Å². The number of nitrogens with one attached hydrogen (secondary N) is 2. The third kappa shape index (κ3) is 9.74. The molecule has 0 heterocycles. The number of rotatable bonds is 11. The minimum Gasteiger partial charge on any atom is -0.444 e. The zero-order chi connectivity index (χ0) is 26.1. The topological polar surface area (TPSA) is 87.7 Å². The number of unbranched alkanes of at least 4 members (excludes halogenated alkanes) is 3. The molecule has 34 heavy (non-hydrogen) atoms. The molecule has 7 nitrogen and oxygen atoms in total. The summed E-state index contributed by atoms with van der Waals surface area (Å²) in [5.41, 5.74) is 2.26. The van der Waals surface area contributed by atoms with E-state index in [1.54, 1.807) is 32.6 Å². The zero-order valence-corrected chi connectivity index (χ0v) is 22.6. The lowest BCUT2D eigenvalue weighted by Gasteiger charge is -2.34. The Balaban J connectivity index is 3.33. The molecule has 0 aliphatic rings. The van der Waals surface area contributed by atoms with Crippen molar-refractivity contribution in [1.82, 2.24) is 15.5 Å². The van der Waals surface area contributed by atoms with Gasteiger partial charge in [0.1, 0.15) is 17.7 Å². The van der Waals surface area contributed by atoms with Crippen LogP contribution in [-0.2, 0) is 14.3 Å². The van der Waals surface area contributed by atoms with Crippen molar-refractivity contribution in [2.24, 2.45) is 0 Å². The SMILES string of the molecule is CCCCCCN(C(=O)C(C)NC(=O)OC(C)(C)C)C(C(=O)NC(C)C)c1ccc(C)c(C)c1. The number of hydrogen-bond acceptors (Lipinski definition) is 4. The summed E-state index contributed by atoms with van der Waals surface area (Å²) in [6, 6.07) is 4.14. The van der Waals surface area contributed by atoms with Crippen LogP contribution in [0.1, 0.15) is 96.9 Å². The zero-order valence-electron chi connectivity index (χ0n) is 22.6. The highest BCUT2D eigenvalue weighted by molar-refractivity contribution is 5.92. The van der Waals surface area contributed by atoms with Crippen LogP contribution in [0.3, 0.4) is 0 Å². The maximum atomic E-state index is 13.6. The molecule has 1 aromatic rings. The maximum Gasteiger partial charge on any atom is 0.408 e. The Kier molecular flexibility index (Phi) is 11.6. The van der Waals surface area contributed by atoms with E-state index in [4.69, 9.17) is 4.74 Å². The molecular weight excluding hydrogens is 430 g/mol. The molecule has 0 aliphatic heterocycles. The minimum absolute atomic E-state index is 0.0732. The summed E-state index contributed by atoms with van der Waals surface area (Å²) in [6.07, 6.45) is 3.20. The van der Waals surface area contributed by atoms with E-state index in [2.05, 4.69) is 17.6 Å². The number of carbonyl (C=O) groups is 3. The van der Waals surface area contributed by atoms with Crippen LogP contribution in [0.15, 0.2) is 18.2 Å². The fraction of sp³-hybridized carbons (Fsp3) is 0.667. The standard InChI is InChI=1S/C27H45N3O4/c1-10-11-12-13-16-30(25(32)21(6)29-26(33)34-27(7,8)9)23(24(31)28-18(2)3)22-15-14-19(4)20(5)17-22/h14-15,17-18,21,23H,10-13,16H2,1-9H3,(H,28,31)(H,29,33). The first-order valence-electron chi connectivity index (χ1n) is 12.4. The second kappa shape index (κ2) is 13.4. The third-order valence-corrected chi connectivity index (χ3v) is 5.48. The maximum absolute atomic E-state index is 13.6. The molecule has 0 radical (unpaired) electrons. The highest BCUT2D eigenvalue weighted by Crippen LogP contribution is 2.26. The van der Waals surface area contributed by atoms with Crippen molar-refractivity contribution >= 4 is 17.9 Å². The van der Waals surface area contributed by atoms with E-state index in [9.17, 15) is 14.4 Å². The lowest BCUT2D eigenvalue weighted by molar-refractivity contribution is -0.142. The Hall–Kier alpha value is -2.57. The van der Waals surface area contributed by atoms with Crippen molar-refractivity contribution < 1.29 is 19.1 Å². The van der Waals surface area contributed by atoms with Gasteiger partial charge in [-0.2, -0.15) is 0 Å². The second-order valence-electron chi connectivity index (χ2n) is 10.4. The lowest BCUT2D eigenvalue weighted by Crippen LogP contribution is -2.52. The van der Waals surface area contributed by atoms with Gasteiger partial charge in [0.2, 0.25) is 11.8 Å². The lowest BCUT2D eigenvalue weighted by atomic mass is 9.98. The van der Waals surface area contributed by atoms with E-state index >= 15 is 0 Å². The molecule has 0 aliphatic carbocycles. The van der Waals surface area contributed by atoms with Gasteiger partial charge in [0, 0.05) is 12.6 Å². The molecule has 0 fully saturated rings. The van der Waals surface area contributed by atoms with Gasteiger partial charge in [-0.25, -0.2) is 4.79 Å². The summed E-state index contributed by atoms with van der Waals surface area (Å²) in [7, 11) is 0. The fourth-order valence-corrected chi connectivity index (χ4v) is 3.64. The predicted molar refractivity (Wildman–Crippen MR) is 137 cm³/mol. The first-order valence-corrected chi connectivity index (χ1v) is 12.4. The molecule has 7 heteroatoms. The van der Waals surface area contributed by atoms with Gasteiger partial charge < -0.3 is 20.3 Å². The number of alkyl carbamates (subject to hydrolysis) is 1. The van der Waals surface area contributed by atoms with Gasteiger partial charge in [-0.15, -0.1) is 0 Å². The molecule has 192 valence electrons. The monoisotopic (exact) mass is 475 g/mol. The molecule has 0 aromatic heterocycles. The van der Waals surface area contributed by atoms with Crippen molar-refractivity contribution in [3.63, 3.8) is 0 Å². The van der Waals surface area contributed by atoms with Gasteiger partial charge >= 0.3 is 6.09 Å². The predicted octanol–water partition coefficient (Wildman–Crippen LogP) is 5.19. The molecule has 1 rings (SSSR count). The number of carbonyl (C=O) groups excluding carboxylic acids is 3. The van der Waals surface area contributed by atoms with Crippen LogP contribution in [0.25, 0.3) is 0 Å². The van der Waals surface area contributed by atoms with Crippen LogP contribution in [-0.4, -0.2) is 47.0 Å². The van der Waals surface area contributed by atoms with E-state index in [1.165, 1.54) is 0 Å². The largest absolute Gasteiger partial charge is 0.444 e. The highest BCUT2D eigenvalue weighted by atomic mass is 16.6. The molecular formula is C27H45N3O4. The Morgan fingerprint density at radius 1 is 0.971 bits per heavy atom. The second-order valence-corrected chi connectivity index (χ2v) is 10.4. The van der Waals surface area contributed by atoms with Crippen LogP contribution in [0.4, 0.5) is 4.79 Å². The van der Waals surface area contributed by atoms with Gasteiger partial charge in [-0.05, 0) is 78.5 Å². The smallest absolute Gasteiger partial charge is 0.408 e. The Morgan fingerprint density at radius 3 is 2.15 bits per heavy atom. The normalized spacial score (nSPS) is 13.2. The van der Waals surface area contributed by atoms with Crippen LogP contribution in [0, 0.1) is 13.8 Å². The number of nitrogens with zero attached hydrogens (tertiary/aromatic N) is 1. The molecule has 0 saturated carbocycles. The van der Waals surface area contributed by atoms with E-state index < -0.39 is 23.8 Å². The van der Waals surface area contributed by atoms with Gasteiger partial charge in [0.15, 0.2) is 0 Å². The Bertz CT molecular complexity index is 830. The quantitative estimate of drug-likeness (QED) is 0.431. The summed E-state index contributed by atoms with van der Waals surface area (Å²) in [6.45, 7) is 17.3. The van der Waals surface area contributed by atoms with Crippen molar-refractivity contribution in [2.45, 2.75) is 112 Å². The Labute approximate surface area is 206 Å². The van der Waals surface area contributed by atoms with Gasteiger partial charge in [0.05, 0.1) is 0 Å². The van der Waals surface area contributed by atoms with Crippen molar-refractivity contribution in [3.05, 3.63) is 34.9 Å². The number of ether oxygens (including phenoxy) is 1. The summed E-state index contributed by atoms with van der Waals surface area (Å²) in [5, 5.41) is 5.62. The molecule has 2 unspecified atom stereocenters. The average Bonchev–Trinajstić information content (AvgIpc) is 2.70.